The second-order valence-electron chi connectivity index (χ2n) is 3.19. The first-order valence-electron chi connectivity index (χ1n) is 4.56. The molecule has 1 atom stereocenters. The zero-order chi connectivity index (χ0) is 12.1. The van der Waals surface area contributed by atoms with Crippen LogP contribution in [0.1, 0.15) is 17.9 Å². The molecule has 0 aliphatic rings. The summed E-state index contributed by atoms with van der Waals surface area (Å²) in [5.74, 6) is -0.0284. The molecule has 0 N–H and O–H groups in total. The van der Waals surface area contributed by atoms with Crippen LogP contribution in [-0.2, 0) is 9.59 Å². The van der Waals surface area contributed by atoms with E-state index in [2.05, 4.69) is 0 Å². The maximum Gasteiger partial charge on any atom is 0.229 e. The van der Waals surface area contributed by atoms with Crippen molar-refractivity contribution in [3.8, 4) is 5.75 Å². The van der Waals surface area contributed by atoms with E-state index in [1.807, 2.05) is 0 Å². The molecule has 0 amide bonds. The fourth-order valence-corrected chi connectivity index (χ4v) is 1.68. The Bertz CT molecular complexity index is 387. The van der Waals surface area contributed by atoms with Gasteiger partial charge in [-0.25, -0.2) is 0 Å². The van der Waals surface area contributed by atoms with Crippen LogP contribution in [0.2, 0.25) is 0 Å². The quantitative estimate of drug-likeness (QED) is 0.765. The molecule has 1 rings (SSSR count). The van der Waals surface area contributed by atoms with Crippen LogP contribution >= 0.6 is 23.2 Å². The van der Waals surface area contributed by atoms with Gasteiger partial charge in [-0.2, -0.15) is 0 Å². The Kier molecular flexibility index (Phi) is 4.77. The first-order valence-corrected chi connectivity index (χ1v) is 5.32. The average Bonchev–Trinajstić information content (AvgIpc) is 2.25. The second-order valence-corrected chi connectivity index (χ2v) is 3.98. The maximum absolute atomic E-state index is 11.2. The molecular formula is C11H10Cl2O3. The highest BCUT2D eigenvalue weighted by Crippen LogP contribution is 2.25. The molecule has 3 nitrogen and oxygen atoms in total. The van der Waals surface area contributed by atoms with Crippen LogP contribution in [0.15, 0.2) is 24.3 Å². The highest BCUT2D eigenvalue weighted by Gasteiger charge is 2.21. The molecule has 0 aliphatic carbocycles. The van der Waals surface area contributed by atoms with Crippen molar-refractivity contribution in [1.29, 1.82) is 0 Å². The lowest BCUT2D eigenvalue weighted by atomic mass is 9.97. The molecule has 5 heteroatoms. The Balaban J connectivity index is 2.92. The summed E-state index contributed by atoms with van der Waals surface area (Å²) in [4.78, 5) is 21.9. The van der Waals surface area contributed by atoms with Gasteiger partial charge < -0.3 is 4.74 Å². The molecule has 0 bridgehead atoms. The monoisotopic (exact) mass is 260 g/mol. The Morgan fingerprint density at radius 2 is 1.81 bits per heavy atom. The third kappa shape index (κ3) is 3.51. The fraction of sp³-hybridized carbons (Fsp3) is 0.273. The smallest absolute Gasteiger partial charge is 0.229 e. The van der Waals surface area contributed by atoms with E-state index in [1.54, 1.807) is 31.4 Å². The summed E-state index contributed by atoms with van der Waals surface area (Å²) in [6, 6.07) is 6.76. The molecule has 0 saturated heterocycles. The third-order valence-electron chi connectivity index (χ3n) is 2.16. The Morgan fingerprint density at radius 3 is 2.19 bits per heavy atom. The topological polar surface area (TPSA) is 43.4 Å². The van der Waals surface area contributed by atoms with E-state index in [9.17, 15) is 9.59 Å². The lowest BCUT2D eigenvalue weighted by Gasteiger charge is -2.10. The van der Waals surface area contributed by atoms with Crippen molar-refractivity contribution in [2.45, 2.75) is 12.3 Å². The minimum Gasteiger partial charge on any atom is -0.497 e. The van der Waals surface area contributed by atoms with Gasteiger partial charge >= 0.3 is 0 Å². The summed E-state index contributed by atoms with van der Waals surface area (Å²) in [5, 5.41) is -1.19. The summed E-state index contributed by atoms with van der Waals surface area (Å²) in [7, 11) is 1.54. The van der Waals surface area contributed by atoms with E-state index in [0.29, 0.717) is 11.3 Å². The summed E-state index contributed by atoms with van der Waals surface area (Å²) in [5.41, 5.74) is 0.648. The average molecular weight is 261 g/mol. The van der Waals surface area contributed by atoms with E-state index >= 15 is 0 Å². The number of hydrogen-bond donors (Lipinski definition) is 0. The van der Waals surface area contributed by atoms with Crippen molar-refractivity contribution in [2.24, 2.45) is 0 Å². The molecule has 0 saturated carbocycles. The van der Waals surface area contributed by atoms with Crippen molar-refractivity contribution < 1.29 is 14.3 Å². The minimum absolute atomic E-state index is 0.101. The summed E-state index contributed by atoms with van der Waals surface area (Å²) in [6.45, 7) is 0. The third-order valence-corrected chi connectivity index (χ3v) is 2.57. The van der Waals surface area contributed by atoms with E-state index in [0.717, 1.165) is 0 Å². The standard InChI is InChI=1S/C11H10Cl2O3/c1-16-8-4-2-7(3-5-8)9(11(13)15)6-10(12)14/h2-5,9H,6H2,1H3. The molecule has 86 valence electrons. The fourth-order valence-electron chi connectivity index (χ4n) is 1.33. The first-order chi connectivity index (χ1) is 7.54. The van der Waals surface area contributed by atoms with Gasteiger partial charge in [-0.1, -0.05) is 12.1 Å². The van der Waals surface area contributed by atoms with Gasteiger partial charge in [0.1, 0.15) is 5.75 Å². The summed E-state index contributed by atoms with van der Waals surface area (Å²) < 4.78 is 4.98. The molecule has 1 aromatic carbocycles. The Labute approximate surface area is 103 Å². The van der Waals surface area contributed by atoms with Crippen molar-refractivity contribution in [1.82, 2.24) is 0 Å². The van der Waals surface area contributed by atoms with Crippen molar-refractivity contribution in [3.63, 3.8) is 0 Å². The molecule has 1 aromatic rings. The molecule has 0 aromatic heterocycles. The summed E-state index contributed by atoms with van der Waals surface area (Å²) >= 11 is 10.7. The zero-order valence-electron chi connectivity index (χ0n) is 8.57. The van der Waals surface area contributed by atoms with Gasteiger partial charge in [-0.3, -0.25) is 9.59 Å². The van der Waals surface area contributed by atoms with Crippen LogP contribution in [0, 0.1) is 0 Å². The van der Waals surface area contributed by atoms with Gasteiger partial charge in [0.2, 0.25) is 10.5 Å². The number of carbonyl (C=O) groups excluding carboxylic acids is 2. The predicted octanol–water partition coefficient (Wildman–Crippen LogP) is 2.70. The molecule has 0 heterocycles. The number of hydrogen-bond acceptors (Lipinski definition) is 3. The molecular weight excluding hydrogens is 251 g/mol. The highest BCUT2D eigenvalue weighted by atomic mass is 35.5. The van der Waals surface area contributed by atoms with Gasteiger partial charge in [0.25, 0.3) is 0 Å². The summed E-state index contributed by atoms with van der Waals surface area (Å²) in [6.07, 6.45) is -0.101. The van der Waals surface area contributed by atoms with Gasteiger partial charge in [-0.15, -0.1) is 0 Å². The van der Waals surface area contributed by atoms with E-state index in [-0.39, 0.29) is 6.42 Å². The number of methoxy groups -OCH3 is 1. The van der Waals surface area contributed by atoms with Crippen LogP contribution in [0.5, 0.6) is 5.75 Å². The van der Waals surface area contributed by atoms with Gasteiger partial charge in [0, 0.05) is 6.42 Å². The van der Waals surface area contributed by atoms with Crippen LogP contribution in [-0.4, -0.2) is 17.6 Å². The largest absolute Gasteiger partial charge is 0.497 e. The van der Waals surface area contributed by atoms with Crippen LogP contribution in [0.3, 0.4) is 0 Å². The predicted molar refractivity (Wildman–Crippen MR) is 62.1 cm³/mol. The van der Waals surface area contributed by atoms with Crippen molar-refractivity contribution in [2.75, 3.05) is 7.11 Å². The number of carbonyl (C=O) groups is 2. The van der Waals surface area contributed by atoms with E-state index < -0.39 is 16.4 Å². The lowest BCUT2D eigenvalue weighted by molar-refractivity contribution is -0.117. The number of halogens is 2. The highest BCUT2D eigenvalue weighted by molar-refractivity contribution is 6.67. The van der Waals surface area contributed by atoms with Crippen molar-refractivity contribution >= 4 is 33.7 Å². The number of benzene rings is 1. The van der Waals surface area contributed by atoms with Gasteiger partial charge in [0.05, 0.1) is 13.0 Å². The molecule has 0 spiro atoms. The minimum atomic E-state index is -0.697. The molecule has 0 fully saturated rings. The SMILES string of the molecule is COc1ccc(C(CC(=O)Cl)C(=O)Cl)cc1. The van der Waals surface area contributed by atoms with E-state index in [4.69, 9.17) is 27.9 Å². The molecule has 1 unspecified atom stereocenters. The van der Waals surface area contributed by atoms with Crippen molar-refractivity contribution in [3.05, 3.63) is 29.8 Å². The van der Waals surface area contributed by atoms with Crippen LogP contribution in [0.4, 0.5) is 0 Å². The Hall–Kier alpha value is -1.06. The lowest BCUT2D eigenvalue weighted by Crippen LogP contribution is -2.09. The van der Waals surface area contributed by atoms with Crippen LogP contribution < -0.4 is 4.74 Å². The Morgan fingerprint density at radius 1 is 1.25 bits per heavy atom. The maximum atomic E-state index is 11.2. The normalized spacial score (nSPS) is 11.9. The van der Waals surface area contributed by atoms with E-state index in [1.165, 1.54) is 0 Å². The van der Waals surface area contributed by atoms with Crippen LogP contribution in [0.25, 0.3) is 0 Å². The zero-order valence-corrected chi connectivity index (χ0v) is 10.1. The number of ether oxygens (including phenoxy) is 1. The molecule has 16 heavy (non-hydrogen) atoms. The number of rotatable bonds is 5. The second kappa shape index (κ2) is 5.87. The first kappa shape index (κ1) is 13.0. The molecule has 0 radical (unpaired) electrons. The molecule has 0 aliphatic heterocycles. The van der Waals surface area contributed by atoms with Gasteiger partial charge in [-0.05, 0) is 40.9 Å². The van der Waals surface area contributed by atoms with Gasteiger partial charge in [0.15, 0.2) is 0 Å².